The molecule has 2 unspecified atom stereocenters. The molecule has 0 aromatic heterocycles. The minimum atomic E-state index is -0.518. The fraction of sp³-hybridized carbons (Fsp3) is 0.600. The number of hydrogen-bond acceptors (Lipinski definition) is 5. The van der Waals surface area contributed by atoms with Gasteiger partial charge < -0.3 is 26.8 Å². The van der Waals surface area contributed by atoms with Gasteiger partial charge in [0.1, 0.15) is 5.84 Å². The molecule has 0 heterocycles. The number of nitrogens with one attached hydrogen (secondary N) is 2. The molecule has 1 aliphatic rings. The van der Waals surface area contributed by atoms with Gasteiger partial charge in [-0.15, -0.1) is 10.2 Å². The van der Waals surface area contributed by atoms with E-state index in [0.717, 1.165) is 5.56 Å². The van der Waals surface area contributed by atoms with E-state index in [1.807, 2.05) is 26.0 Å². The molecule has 0 saturated heterocycles. The van der Waals surface area contributed by atoms with Crippen LogP contribution in [0.3, 0.4) is 0 Å². The molecule has 1 aromatic carbocycles. The summed E-state index contributed by atoms with van der Waals surface area (Å²) in [6.07, 6.45) is 0.534. The van der Waals surface area contributed by atoms with Gasteiger partial charge in [-0.1, -0.05) is 52.0 Å². The van der Waals surface area contributed by atoms with E-state index in [4.69, 9.17) is 16.2 Å². The van der Waals surface area contributed by atoms with Gasteiger partial charge in [0.05, 0.1) is 31.7 Å². The van der Waals surface area contributed by atoms with Crippen LogP contribution < -0.4 is 22.1 Å². The first-order chi connectivity index (χ1) is 16.3. The maximum atomic E-state index is 12.9. The van der Waals surface area contributed by atoms with Crippen LogP contribution in [0.5, 0.6) is 0 Å². The van der Waals surface area contributed by atoms with Gasteiger partial charge in [0.25, 0.3) is 0 Å². The summed E-state index contributed by atoms with van der Waals surface area (Å²) in [7, 11) is 0. The second kappa shape index (κ2) is 12.1. The Balaban J connectivity index is 1.73. The molecule has 0 spiro atoms. The third kappa shape index (κ3) is 9.64. The van der Waals surface area contributed by atoms with Gasteiger partial charge in [-0.2, -0.15) is 0 Å². The second-order valence-corrected chi connectivity index (χ2v) is 10.8. The summed E-state index contributed by atoms with van der Waals surface area (Å²) in [5.41, 5.74) is 12.1. The van der Waals surface area contributed by atoms with Gasteiger partial charge in [0.15, 0.2) is 5.84 Å². The molecular weight excluding hydrogens is 451 g/mol. The van der Waals surface area contributed by atoms with Crippen molar-refractivity contribution in [3.8, 4) is 0 Å². The Morgan fingerprint density at radius 2 is 1.57 bits per heavy atom. The highest BCUT2D eigenvalue weighted by atomic mass is 19.1. The molecule has 2 atom stereocenters. The summed E-state index contributed by atoms with van der Waals surface area (Å²) < 4.78 is 18.6. The molecule has 2 rings (SSSR count). The Hall–Kier alpha value is -3.01. The van der Waals surface area contributed by atoms with Crippen molar-refractivity contribution in [2.24, 2.45) is 44.3 Å². The average Bonchev–Trinajstić information content (AvgIpc) is 3.61. The third-order valence-electron chi connectivity index (χ3n) is 5.58. The highest BCUT2D eigenvalue weighted by Gasteiger charge is 2.48. The molecule has 194 valence electrons. The normalized spacial score (nSPS) is 18.8. The molecule has 2 amide bonds. The number of benzene rings is 1. The van der Waals surface area contributed by atoms with Gasteiger partial charge in [-0.3, -0.25) is 14.0 Å². The predicted octanol–water partition coefficient (Wildman–Crippen LogP) is 2.09. The number of nitrogens with two attached hydrogens (primary N) is 2. The van der Waals surface area contributed by atoms with E-state index in [0.29, 0.717) is 44.1 Å². The van der Waals surface area contributed by atoms with E-state index in [1.165, 1.54) is 0 Å². The number of halogens is 1. The molecule has 6 N–H and O–H groups in total. The average molecular weight is 491 g/mol. The first-order valence-electron chi connectivity index (χ1n) is 11.8. The van der Waals surface area contributed by atoms with Gasteiger partial charge in [-0.05, 0) is 18.9 Å². The summed E-state index contributed by atoms with van der Waals surface area (Å²) in [6.45, 7) is 10.2. The van der Waals surface area contributed by atoms with Gasteiger partial charge in [0, 0.05) is 29.5 Å². The first-order valence-corrected chi connectivity index (χ1v) is 11.8. The number of carbonyl (C=O) groups is 2. The van der Waals surface area contributed by atoms with Crippen LogP contribution in [0.15, 0.2) is 34.5 Å². The molecule has 1 aliphatic carbocycles. The number of alkyl halides is 1. The quantitative estimate of drug-likeness (QED) is 0.190. The number of nitrogens with zero attached hydrogens (tertiary/aromatic N) is 2. The minimum Gasteiger partial charge on any atom is -0.386 e. The second-order valence-electron chi connectivity index (χ2n) is 10.8. The Bertz CT molecular complexity index is 939. The van der Waals surface area contributed by atoms with Crippen LogP contribution in [0.4, 0.5) is 4.39 Å². The monoisotopic (exact) mass is 490 g/mol. The van der Waals surface area contributed by atoms with Crippen molar-refractivity contribution < 1.29 is 18.7 Å². The van der Waals surface area contributed by atoms with Crippen LogP contribution in [0, 0.1) is 22.7 Å². The Kier molecular flexibility index (Phi) is 9.76. The Morgan fingerprint density at radius 3 is 2.14 bits per heavy atom. The molecular formula is C25H39FN6O3. The largest absolute Gasteiger partial charge is 0.386 e. The fourth-order valence-electron chi connectivity index (χ4n) is 3.23. The molecule has 0 bridgehead atoms. The van der Waals surface area contributed by atoms with E-state index in [2.05, 4.69) is 20.8 Å². The molecule has 10 heteroatoms. The van der Waals surface area contributed by atoms with Gasteiger partial charge >= 0.3 is 0 Å². The minimum absolute atomic E-state index is 0.128. The highest BCUT2D eigenvalue weighted by Crippen LogP contribution is 2.39. The van der Waals surface area contributed by atoms with Crippen LogP contribution in [0.1, 0.15) is 52.2 Å². The van der Waals surface area contributed by atoms with E-state index in [9.17, 15) is 14.0 Å². The molecule has 0 aliphatic heterocycles. The van der Waals surface area contributed by atoms with Crippen molar-refractivity contribution in [1.29, 1.82) is 0 Å². The Labute approximate surface area is 207 Å². The maximum Gasteiger partial charge on any atom is 0.224 e. The third-order valence-corrected chi connectivity index (χ3v) is 5.58. The smallest absolute Gasteiger partial charge is 0.224 e. The molecule has 0 radical (unpaired) electrons. The predicted molar refractivity (Wildman–Crippen MR) is 135 cm³/mol. The van der Waals surface area contributed by atoms with Crippen LogP contribution in [0.25, 0.3) is 0 Å². The van der Waals surface area contributed by atoms with Gasteiger partial charge in [0.2, 0.25) is 11.8 Å². The summed E-state index contributed by atoms with van der Waals surface area (Å²) in [6, 6.07) is 7.26. The van der Waals surface area contributed by atoms with Crippen LogP contribution in [-0.4, -0.2) is 49.9 Å². The maximum absolute atomic E-state index is 12.9. The van der Waals surface area contributed by atoms with E-state index in [1.54, 1.807) is 32.9 Å². The number of carbonyl (C=O) groups excluding carboxylic acids is 2. The molecule has 1 aromatic rings. The zero-order valence-electron chi connectivity index (χ0n) is 21.4. The molecule has 9 nitrogen and oxygen atoms in total. The van der Waals surface area contributed by atoms with Crippen molar-refractivity contribution in [1.82, 2.24) is 10.6 Å². The van der Waals surface area contributed by atoms with Crippen LogP contribution in [-0.2, 0) is 20.9 Å². The number of amides is 2. The lowest BCUT2D eigenvalue weighted by Crippen LogP contribution is -2.39. The lowest BCUT2D eigenvalue weighted by Gasteiger charge is -2.27. The Morgan fingerprint density at radius 1 is 1.00 bits per heavy atom. The number of hydrogen-bond donors (Lipinski definition) is 4. The van der Waals surface area contributed by atoms with Crippen molar-refractivity contribution in [3.63, 3.8) is 0 Å². The summed E-state index contributed by atoms with van der Waals surface area (Å²) in [5, 5.41) is 13.4. The van der Waals surface area contributed by atoms with Crippen molar-refractivity contribution in [2.45, 2.75) is 47.6 Å². The molecule has 35 heavy (non-hydrogen) atoms. The first kappa shape index (κ1) is 28.2. The number of amidine groups is 2. The number of rotatable bonds is 13. The van der Waals surface area contributed by atoms with E-state index >= 15 is 0 Å². The van der Waals surface area contributed by atoms with Gasteiger partial charge in [-0.25, -0.2) is 0 Å². The van der Waals surface area contributed by atoms with Crippen molar-refractivity contribution in [2.75, 3.05) is 26.4 Å². The lowest BCUT2D eigenvalue weighted by molar-refractivity contribution is -0.127. The van der Waals surface area contributed by atoms with E-state index in [-0.39, 0.29) is 34.9 Å². The molecule has 1 saturated carbocycles. The lowest BCUT2D eigenvalue weighted by atomic mass is 9.93. The highest BCUT2D eigenvalue weighted by molar-refractivity contribution is 5.97. The summed E-state index contributed by atoms with van der Waals surface area (Å²) >= 11 is 0. The van der Waals surface area contributed by atoms with Crippen LogP contribution in [0.2, 0.25) is 0 Å². The van der Waals surface area contributed by atoms with Crippen molar-refractivity contribution >= 4 is 23.5 Å². The standard InChI is InChI=1S/C25H39FN6O3/c1-16(27)31-32-21(28)18-8-6-17(7-9-18)11-29-22(33)19-10-20(19)23(34)30-13-25(4,5)15-35-14-24(2,3)12-26/h6-9,19-20H,10-15H2,1-5H3,(H2,27,31)(H2,28,32)(H,29,33)(H,30,34). The zero-order chi connectivity index (χ0) is 26.2. The fourth-order valence-corrected chi connectivity index (χ4v) is 3.23. The topological polar surface area (TPSA) is 144 Å². The summed E-state index contributed by atoms with van der Waals surface area (Å²) in [5.74, 6) is -0.348. The zero-order valence-corrected chi connectivity index (χ0v) is 21.4. The van der Waals surface area contributed by atoms with E-state index < -0.39 is 12.1 Å². The summed E-state index contributed by atoms with van der Waals surface area (Å²) in [4.78, 5) is 25.0. The van der Waals surface area contributed by atoms with Crippen molar-refractivity contribution in [3.05, 3.63) is 35.4 Å². The molecule has 1 fully saturated rings. The number of ether oxygens (including phenoxy) is 1. The van der Waals surface area contributed by atoms with Crippen LogP contribution >= 0.6 is 0 Å². The SMILES string of the molecule is C/C(N)=N/N=C(\N)c1ccc(CNC(=O)C2CC2C(=O)NCC(C)(C)COCC(C)(C)CF)cc1.